The summed E-state index contributed by atoms with van der Waals surface area (Å²) in [7, 11) is 1.55. The van der Waals surface area contributed by atoms with Crippen LogP contribution >= 0.6 is 24.0 Å². The SMILES string of the molecule is COc1ccc(CCn2c(O)c(C(=O)CN3C(=O)/C(=C/c4ccc(F)cc4)SC3=S)c(C)c(C#N)c2=O)cc1. The lowest BCUT2D eigenvalue weighted by molar-refractivity contribution is -0.121. The second-order valence-corrected chi connectivity index (χ2v) is 10.3. The molecule has 1 aliphatic heterocycles. The Morgan fingerprint density at radius 2 is 1.85 bits per heavy atom. The minimum atomic E-state index is -0.717. The monoisotopic (exact) mass is 563 g/mol. The first kappa shape index (κ1) is 27.8. The molecule has 39 heavy (non-hydrogen) atoms. The zero-order valence-corrected chi connectivity index (χ0v) is 22.6. The van der Waals surface area contributed by atoms with E-state index in [1.54, 1.807) is 37.5 Å². The van der Waals surface area contributed by atoms with Gasteiger partial charge in [-0.3, -0.25) is 23.9 Å². The number of nitrogens with zero attached hydrogens (tertiary/aromatic N) is 3. The van der Waals surface area contributed by atoms with Crippen LogP contribution in [0.15, 0.2) is 58.2 Å². The summed E-state index contributed by atoms with van der Waals surface area (Å²) in [5.74, 6) is -1.53. The number of hydrogen-bond acceptors (Lipinski definition) is 8. The maximum absolute atomic E-state index is 13.4. The van der Waals surface area contributed by atoms with E-state index >= 15 is 0 Å². The lowest BCUT2D eigenvalue weighted by Crippen LogP contribution is -2.35. The molecule has 1 amide bonds. The Morgan fingerprint density at radius 3 is 2.46 bits per heavy atom. The highest BCUT2D eigenvalue weighted by Crippen LogP contribution is 2.33. The molecule has 0 saturated carbocycles. The number of methoxy groups -OCH3 is 1. The van der Waals surface area contributed by atoms with Gasteiger partial charge in [0, 0.05) is 6.54 Å². The van der Waals surface area contributed by atoms with Gasteiger partial charge < -0.3 is 9.84 Å². The number of carbonyl (C=O) groups excluding carboxylic acids is 2. The van der Waals surface area contributed by atoms with E-state index in [1.807, 2.05) is 6.07 Å². The van der Waals surface area contributed by atoms with Crippen molar-refractivity contribution in [1.29, 1.82) is 5.26 Å². The Balaban J connectivity index is 1.61. The number of aryl methyl sites for hydroxylation is 1. The van der Waals surface area contributed by atoms with E-state index in [0.717, 1.165) is 26.8 Å². The lowest BCUT2D eigenvalue weighted by Gasteiger charge is -2.18. The topological polar surface area (TPSA) is 113 Å². The normalized spacial score (nSPS) is 14.1. The Kier molecular flexibility index (Phi) is 8.28. The van der Waals surface area contributed by atoms with Gasteiger partial charge in [0.2, 0.25) is 5.88 Å². The summed E-state index contributed by atoms with van der Waals surface area (Å²) in [5, 5.41) is 20.6. The molecule has 8 nitrogen and oxygen atoms in total. The minimum absolute atomic E-state index is 0.00764. The van der Waals surface area contributed by atoms with Crippen LogP contribution in [-0.2, 0) is 17.8 Å². The number of rotatable bonds is 8. The maximum atomic E-state index is 13.4. The van der Waals surface area contributed by atoms with Gasteiger partial charge in [0.1, 0.15) is 27.5 Å². The number of halogens is 1. The zero-order valence-electron chi connectivity index (χ0n) is 20.9. The highest BCUT2D eigenvalue weighted by atomic mass is 32.2. The molecular formula is C28H22FN3O5S2. The number of Topliss-reactive ketones (excluding diaryl/α,β-unsaturated/α-hetero) is 1. The van der Waals surface area contributed by atoms with E-state index in [0.29, 0.717) is 17.7 Å². The van der Waals surface area contributed by atoms with Gasteiger partial charge in [-0.15, -0.1) is 0 Å². The molecule has 11 heteroatoms. The van der Waals surface area contributed by atoms with Gasteiger partial charge in [-0.2, -0.15) is 5.26 Å². The Labute approximate surface area is 232 Å². The number of carbonyl (C=O) groups is 2. The van der Waals surface area contributed by atoms with Crippen molar-refractivity contribution < 1.29 is 23.8 Å². The first-order valence-electron chi connectivity index (χ1n) is 11.7. The highest BCUT2D eigenvalue weighted by Gasteiger charge is 2.35. The summed E-state index contributed by atoms with van der Waals surface area (Å²) >= 11 is 6.30. The van der Waals surface area contributed by atoms with E-state index in [9.17, 15) is 29.1 Å². The summed E-state index contributed by atoms with van der Waals surface area (Å²) in [5.41, 5.74) is 0.243. The van der Waals surface area contributed by atoms with Gasteiger partial charge in [-0.05, 0) is 60.4 Å². The fraction of sp³-hybridized carbons (Fsp3) is 0.179. The number of amides is 1. The highest BCUT2D eigenvalue weighted by molar-refractivity contribution is 8.26. The van der Waals surface area contributed by atoms with Crippen LogP contribution in [-0.4, -0.2) is 44.2 Å². The van der Waals surface area contributed by atoms with E-state index < -0.39 is 35.5 Å². The second-order valence-electron chi connectivity index (χ2n) is 8.61. The maximum Gasteiger partial charge on any atom is 0.271 e. The third kappa shape index (κ3) is 5.77. The summed E-state index contributed by atoms with van der Waals surface area (Å²) in [6.45, 7) is 0.911. The van der Waals surface area contributed by atoms with Crippen molar-refractivity contribution in [2.75, 3.05) is 13.7 Å². The molecule has 0 aliphatic carbocycles. The fourth-order valence-electron chi connectivity index (χ4n) is 4.09. The number of ether oxygens (including phenoxy) is 1. The van der Waals surface area contributed by atoms with Crippen LogP contribution in [0.3, 0.4) is 0 Å². The molecule has 198 valence electrons. The van der Waals surface area contributed by atoms with Crippen molar-refractivity contribution in [3.05, 3.63) is 97.4 Å². The lowest BCUT2D eigenvalue weighted by atomic mass is 10.0. The van der Waals surface area contributed by atoms with Crippen LogP contribution in [0.5, 0.6) is 11.6 Å². The molecule has 2 aromatic carbocycles. The standard InChI is InChI=1S/C28H22FN3O5S2/c1-16-21(14-30)25(34)31(12-11-17-5-9-20(37-2)10-6-17)27(36)24(16)22(33)15-32-26(35)23(39-28(32)38)13-18-3-7-19(29)8-4-18/h3-10,13,36H,11-12,15H2,1-2H3/b23-13-. The molecule has 1 fully saturated rings. The van der Waals surface area contributed by atoms with Crippen LogP contribution in [0.25, 0.3) is 6.08 Å². The van der Waals surface area contributed by atoms with Crippen molar-refractivity contribution in [1.82, 2.24) is 9.47 Å². The number of aromatic hydroxyl groups is 1. The predicted octanol–water partition coefficient (Wildman–Crippen LogP) is 4.21. The molecule has 0 atom stereocenters. The first-order valence-corrected chi connectivity index (χ1v) is 12.9. The van der Waals surface area contributed by atoms with Crippen molar-refractivity contribution in [2.24, 2.45) is 0 Å². The van der Waals surface area contributed by atoms with Gasteiger partial charge in [0.25, 0.3) is 11.5 Å². The van der Waals surface area contributed by atoms with Crippen LogP contribution in [0.2, 0.25) is 0 Å². The van der Waals surface area contributed by atoms with Crippen molar-refractivity contribution in [3.63, 3.8) is 0 Å². The quantitative estimate of drug-likeness (QED) is 0.247. The predicted molar refractivity (Wildman–Crippen MR) is 149 cm³/mol. The fourth-order valence-corrected chi connectivity index (χ4v) is 5.35. The molecule has 0 radical (unpaired) electrons. The largest absolute Gasteiger partial charge is 0.497 e. The molecule has 0 bridgehead atoms. The molecular weight excluding hydrogens is 541 g/mol. The second kappa shape index (κ2) is 11.6. The Morgan fingerprint density at radius 1 is 1.18 bits per heavy atom. The molecule has 1 aliphatic rings. The third-order valence-electron chi connectivity index (χ3n) is 6.21. The van der Waals surface area contributed by atoms with Gasteiger partial charge in [0.05, 0.1) is 24.1 Å². The molecule has 4 rings (SSSR count). The van der Waals surface area contributed by atoms with Crippen LogP contribution in [0.1, 0.15) is 32.6 Å². The van der Waals surface area contributed by atoms with Gasteiger partial charge in [0.15, 0.2) is 5.78 Å². The van der Waals surface area contributed by atoms with Gasteiger partial charge in [-0.25, -0.2) is 4.39 Å². The van der Waals surface area contributed by atoms with Crippen LogP contribution in [0.4, 0.5) is 4.39 Å². The molecule has 1 aromatic heterocycles. The number of benzene rings is 2. The van der Waals surface area contributed by atoms with Crippen LogP contribution < -0.4 is 10.3 Å². The van der Waals surface area contributed by atoms with Gasteiger partial charge in [-0.1, -0.05) is 48.2 Å². The van der Waals surface area contributed by atoms with E-state index in [4.69, 9.17) is 17.0 Å². The molecule has 1 saturated heterocycles. The smallest absolute Gasteiger partial charge is 0.271 e. The number of thiocarbonyl (C=S) groups is 1. The van der Waals surface area contributed by atoms with E-state index in [-0.39, 0.29) is 32.5 Å². The first-order chi connectivity index (χ1) is 18.6. The minimum Gasteiger partial charge on any atom is -0.497 e. The molecule has 0 unspecified atom stereocenters. The van der Waals surface area contributed by atoms with E-state index in [1.165, 1.54) is 31.2 Å². The zero-order chi connectivity index (χ0) is 28.3. The number of ketones is 1. The molecule has 2 heterocycles. The van der Waals surface area contributed by atoms with Crippen molar-refractivity contribution in [3.8, 4) is 17.7 Å². The average Bonchev–Trinajstić information content (AvgIpc) is 3.17. The molecule has 3 aromatic rings. The Bertz CT molecular complexity index is 1610. The van der Waals surface area contributed by atoms with Crippen molar-refractivity contribution in [2.45, 2.75) is 19.9 Å². The van der Waals surface area contributed by atoms with Gasteiger partial charge >= 0.3 is 0 Å². The molecule has 1 N–H and O–H groups in total. The summed E-state index contributed by atoms with van der Waals surface area (Å²) in [4.78, 5) is 40.7. The number of aromatic nitrogens is 1. The average molecular weight is 564 g/mol. The summed E-state index contributed by atoms with van der Waals surface area (Å²) in [6.07, 6.45) is 1.88. The molecule has 0 spiro atoms. The summed E-state index contributed by atoms with van der Waals surface area (Å²) in [6, 6.07) is 14.5. The van der Waals surface area contributed by atoms with Crippen LogP contribution in [0, 0.1) is 24.1 Å². The number of hydrogen-bond donors (Lipinski definition) is 1. The van der Waals surface area contributed by atoms with E-state index in [2.05, 4.69) is 0 Å². The Hall–Kier alpha value is -4.27. The summed E-state index contributed by atoms with van der Waals surface area (Å²) < 4.78 is 19.5. The third-order valence-corrected chi connectivity index (χ3v) is 7.58. The number of thioether (sulfide) groups is 1. The van der Waals surface area contributed by atoms with Crippen molar-refractivity contribution >= 4 is 46.1 Å². The number of pyridine rings is 1. The number of nitriles is 1.